The number of carboxylic acids is 2. The van der Waals surface area contributed by atoms with Crippen LogP contribution in [-0.4, -0.2) is 121 Å². The third kappa shape index (κ3) is 11.7. The fourth-order valence-electron chi connectivity index (χ4n) is 6.21. The van der Waals surface area contributed by atoms with Crippen LogP contribution in [0.3, 0.4) is 0 Å². The van der Waals surface area contributed by atoms with Gasteiger partial charge in [0, 0.05) is 75.6 Å². The van der Waals surface area contributed by atoms with Gasteiger partial charge in [-0.05, 0) is 70.8 Å². The molecule has 0 saturated heterocycles. The van der Waals surface area contributed by atoms with Crippen molar-refractivity contribution in [2.45, 2.75) is 21.3 Å². The van der Waals surface area contributed by atoms with Gasteiger partial charge in [0.25, 0.3) is 32.1 Å². The largest absolute Gasteiger partial charge is 0.505 e. The first kappa shape index (κ1) is 48.5. The summed E-state index contributed by atoms with van der Waals surface area (Å²) in [6, 6.07) is 15.8. The molecule has 2 heterocycles. The topological polar surface area (TPSA) is 308 Å². The number of carbonyl (C=O) groups excluding carboxylic acids is 2. The molecule has 0 fully saturated rings. The number of phenolic OH excluding ortho intramolecular Hbond substituents is 2. The fraction of sp³-hybridized carbons (Fsp3) is 0.100. The molecule has 6 rings (SSSR count). The molecule has 0 spiro atoms. The maximum absolute atomic E-state index is 13.5. The summed E-state index contributed by atoms with van der Waals surface area (Å²) >= 11 is 2.09. The number of benzene rings is 4. The van der Waals surface area contributed by atoms with E-state index in [1.807, 2.05) is 0 Å². The van der Waals surface area contributed by atoms with E-state index in [9.17, 15) is 55.3 Å². The Balaban J connectivity index is 0.00000748. The summed E-state index contributed by atoms with van der Waals surface area (Å²) in [4.78, 5) is 55.9. The van der Waals surface area contributed by atoms with E-state index >= 15 is 0 Å². The molecule has 0 aliphatic rings. The van der Waals surface area contributed by atoms with Gasteiger partial charge in [0.2, 0.25) is 0 Å². The van der Waals surface area contributed by atoms with Gasteiger partial charge in [-0.1, -0.05) is 36.4 Å². The number of thioether (sulfide) groups is 2. The molecule has 0 aliphatic carbocycles. The molecular weight excluding hydrogens is 912 g/mol. The molecule has 8 N–H and O–H groups in total. The van der Waals surface area contributed by atoms with E-state index in [2.05, 4.69) is 20.6 Å². The van der Waals surface area contributed by atoms with Crippen LogP contribution in [0.15, 0.2) is 95.0 Å². The molecule has 1 radical (unpaired) electrons. The first-order valence-electron chi connectivity index (χ1n) is 17.6. The maximum Gasteiger partial charge on any atom is 0.313 e. The summed E-state index contributed by atoms with van der Waals surface area (Å²) in [5.41, 5.74) is -0.128. The Morgan fingerprint density at radius 1 is 0.603 bits per heavy atom. The molecule has 2 amide bonds. The van der Waals surface area contributed by atoms with Gasteiger partial charge >= 0.3 is 11.9 Å². The van der Waals surface area contributed by atoms with Crippen molar-refractivity contribution in [2.75, 3.05) is 22.1 Å². The zero-order valence-electron chi connectivity index (χ0n) is 32.5. The maximum atomic E-state index is 13.5. The Hall–Kier alpha value is -5.56. The predicted molar refractivity (Wildman–Crippen MR) is 238 cm³/mol. The Kier molecular flexibility index (Phi) is 15.6. The van der Waals surface area contributed by atoms with Crippen molar-refractivity contribution in [1.82, 2.24) is 9.97 Å². The molecule has 0 atom stereocenters. The van der Waals surface area contributed by atoms with Gasteiger partial charge in [0.05, 0.1) is 22.6 Å². The second kappa shape index (κ2) is 20.3. The number of carboxylic acid groups (broad SMARTS) is 2. The number of fused-ring (bicyclic) bond motifs is 2. The van der Waals surface area contributed by atoms with E-state index in [0.29, 0.717) is 21.9 Å². The molecule has 0 saturated carbocycles. The summed E-state index contributed by atoms with van der Waals surface area (Å²) in [5, 5.41) is 45.9. The minimum atomic E-state index is -5.02. The number of aromatic nitrogens is 2. The molecule has 18 nitrogen and oxygen atoms in total. The van der Waals surface area contributed by atoms with Gasteiger partial charge in [-0.15, -0.1) is 23.5 Å². The van der Waals surface area contributed by atoms with Gasteiger partial charge in [0.15, 0.2) is 11.5 Å². The normalized spacial score (nSPS) is 11.7. The van der Waals surface area contributed by atoms with Crippen molar-refractivity contribution in [3.63, 3.8) is 0 Å². The molecule has 321 valence electrons. The van der Waals surface area contributed by atoms with Crippen molar-refractivity contribution in [3.05, 3.63) is 119 Å². The Bertz CT molecular complexity index is 2870. The van der Waals surface area contributed by atoms with Crippen molar-refractivity contribution in [3.8, 4) is 11.5 Å². The molecule has 0 unspecified atom stereocenters. The van der Waals surface area contributed by atoms with E-state index in [-0.39, 0.29) is 97.2 Å². The Labute approximate surface area is 388 Å². The van der Waals surface area contributed by atoms with Gasteiger partial charge in [0.1, 0.15) is 20.8 Å². The van der Waals surface area contributed by atoms with Gasteiger partial charge < -0.3 is 31.1 Å². The van der Waals surface area contributed by atoms with Crippen LogP contribution < -0.4 is 10.6 Å². The predicted octanol–water partition coefficient (Wildman–Crippen LogP) is 5.62. The van der Waals surface area contributed by atoms with Crippen LogP contribution >= 0.6 is 23.5 Å². The second-order valence-electron chi connectivity index (χ2n) is 13.1. The van der Waals surface area contributed by atoms with E-state index in [0.717, 1.165) is 47.8 Å². The Morgan fingerprint density at radius 2 is 0.984 bits per heavy atom. The van der Waals surface area contributed by atoms with Crippen molar-refractivity contribution in [1.29, 1.82) is 0 Å². The average molecular weight is 944 g/mol. The van der Waals surface area contributed by atoms with E-state index in [1.165, 1.54) is 48.8 Å². The van der Waals surface area contributed by atoms with E-state index < -0.39 is 65.3 Å². The minimum Gasteiger partial charge on any atom is -0.505 e. The second-order valence-corrected chi connectivity index (χ2v) is 17.9. The van der Waals surface area contributed by atoms with Crippen LogP contribution in [0.2, 0.25) is 0 Å². The average Bonchev–Trinajstić information content (AvgIpc) is 3.21. The number of hydrogen-bond donors (Lipinski definition) is 8. The molecule has 0 bridgehead atoms. The van der Waals surface area contributed by atoms with E-state index in [1.54, 1.807) is 24.3 Å². The van der Waals surface area contributed by atoms with Gasteiger partial charge in [-0.2, -0.15) is 16.8 Å². The zero-order chi connectivity index (χ0) is 44.9. The first-order valence-corrected chi connectivity index (χ1v) is 22.8. The van der Waals surface area contributed by atoms with Crippen LogP contribution in [0.25, 0.3) is 34.0 Å². The number of aromatic hydroxyl groups is 2. The summed E-state index contributed by atoms with van der Waals surface area (Å²) in [6.07, 6.45) is 4.97. The number of amides is 2. The fourth-order valence-corrected chi connectivity index (χ4v) is 9.10. The molecule has 0 aliphatic heterocycles. The SMILES string of the molecule is O=C(O)CSCc1cc(C(=O)Nc2ccc(/C=C/c3ccc(NC(=O)c4cc(CSCC(=O)O)c5cccnc5c4O)cc3S(=O)(=O)O)c(S(=O)(=O)O)c2)c(O)c2ncccc12.[Na]. The van der Waals surface area contributed by atoms with Crippen LogP contribution in [0.1, 0.15) is 43.0 Å². The first-order chi connectivity index (χ1) is 29.3. The number of aliphatic carboxylic acids is 2. The van der Waals surface area contributed by atoms with Crippen LogP contribution in [0, 0.1) is 0 Å². The van der Waals surface area contributed by atoms with Gasteiger partial charge in [-0.25, -0.2) is 0 Å². The number of hydrogen-bond acceptors (Lipinski definition) is 14. The molecule has 4 aromatic carbocycles. The van der Waals surface area contributed by atoms with Crippen molar-refractivity contribution >= 4 is 142 Å². The summed E-state index contributed by atoms with van der Waals surface area (Å²) in [7, 11) is -10.0. The number of phenols is 2. The smallest absolute Gasteiger partial charge is 0.313 e. The third-order valence-corrected chi connectivity index (χ3v) is 12.7. The van der Waals surface area contributed by atoms with Crippen molar-refractivity contribution < 1.29 is 65.5 Å². The summed E-state index contributed by atoms with van der Waals surface area (Å²) in [5.74, 6) is -5.09. The molecule has 2 aromatic heterocycles. The molecule has 63 heavy (non-hydrogen) atoms. The zero-order valence-corrected chi connectivity index (χ0v) is 37.8. The number of anilines is 2. The molecule has 23 heteroatoms. The van der Waals surface area contributed by atoms with Crippen LogP contribution in [-0.2, 0) is 41.3 Å². The van der Waals surface area contributed by atoms with Crippen molar-refractivity contribution in [2.24, 2.45) is 0 Å². The quantitative estimate of drug-likeness (QED) is 0.0332. The van der Waals surface area contributed by atoms with E-state index in [4.69, 9.17) is 10.2 Å². The summed E-state index contributed by atoms with van der Waals surface area (Å²) < 4.78 is 70.5. The van der Waals surface area contributed by atoms with Crippen LogP contribution in [0.5, 0.6) is 11.5 Å². The monoisotopic (exact) mass is 943 g/mol. The number of rotatable bonds is 16. The Morgan fingerprint density at radius 3 is 1.33 bits per heavy atom. The number of carbonyl (C=O) groups is 4. The standard InChI is InChI=1S/C40H32N4O14S4.Na/c45-33(46)19-59-17-23-13-29(37(49)35-27(23)3-1-11-41-35)39(51)43-25-9-7-21(31(15-25)61(53,54)55)5-6-22-8-10-26(16-32(22)62(56,57)58)44-40(52)30-14-24(18-60-20-34(47)48)28-4-2-12-42-36(28)38(30)50;/h1-16,49-50H,17-20H2,(H,43,51)(H,44,52)(H,45,46)(H,47,48)(H,53,54,55)(H,56,57,58);/b6-5+;. The number of nitrogens with one attached hydrogen (secondary N) is 2. The molecular formula is C40H32N4NaO14S4. The van der Waals surface area contributed by atoms with Gasteiger partial charge in [-0.3, -0.25) is 38.3 Å². The third-order valence-electron chi connectivity index (χ3n) is 8.90. The number of nitrogens with zero attached hydrogens (tertiary/aromatic N) is 2. The van der Waals surface area contributed by atoms with Crippen LogP contribution in [0.4, 0.5) is 11.4 Å². The number of pyridine rings is 2. The molecule has 6 aromatic rings. The summed E-state index contributed by atoms with van der Waals surface area (Å²) in [6.45, 7) is 0. The minimum absolute atomic E-state index is 0.